The van der Waals surface area contributed by atoms with E-state index >= 15 is 0 Å². The van der Waals surface area contributed by atoms with Gasteiger partial charge in [0.05, 0.1) is 6.61 Å². The largest absolute Gasteiger partial charge is 0.494 e. The van der Waals surface area contributed by atoms with E-state index in [1.165, 1.54) is 44.1 Å². The van der Waals surface area contributed by atoms with Gasteiger partial charge in [-0.05, 0) is 42.2 Å². The first-order valence-electron chi connectivity index (χ1n) is 8.91. The summed E-state index contributed by atoms with van der Waals surface area (Å²) in [4.78, 5) is 0. The van der Waals surface area contributed by atoms with Gasteiger partial charge in [-0.3, -0.25) is 0 Å². The predicted molar refractivity (Wildman–Crippen MR) is 96.9 cm³/mol. The molecule has 0 unspecified atom stereocenters. The van der Waals surface area contributed by atoms with Gasteiger partial charge in [-0.15, -0.1) is 0 Å². The van der Waals surface area contributed by atoms with Crippen molar-refractivity contribution in [2.24, 2.45) is 5.92 Å². The highest BCUT2D eigenvalue weighted by molar-refractivity contribution is 5.46. The second kappa shape index (κ2) is 8.61. The van der Waals surface area contributed by atoms with E-state index in [1.54, 1.807) is 0 Å². The van der Waals surface area contributed by atoms with E-state index in [9.17, 15) is 0 Å². The van der Waals surface area contributed by atoms with Gasteiger partial charge in [0.15, 0.2) is 0 Å². The molecule has 0 radical (unpaired) electrons. The number of anilines is 1. The molecule has 1 aliphatic carbocycles. The van der Waals surface area contributed by atoms with Gasteiger partial charge in [-0.25, -0.2) is 0 Å². The van der Waals surface area contributed by atoms with Crippen molar-refractivity contribution in [3.8, 4) is 5.75 Å². The van der Waals surface area contributed by atoms with Crippen LogP contribution in [0.3, 0.4) is 0 Å². The van der Waals surface area contributed by atoms with E-state index in [1.807, 2.05) is 6.07 Å². The third kappa shape index (κ3) is 5.31. The molecule has 2 aromatic carbocycles. The van der Waals surface area contributed by atoms with Crippen molar-refractivity contribution in [1.29, 1.82) is 0 Å². The Morgan fingerprint density at radius 2 is 1.61 bits per heavy atom. The first-order valence-corrected chi connectivity index (χ1v) is 8.91. The summed E-state index contributed by atoms with van der Waals surface area (Å²) in [6.07, 6.45) is 8.24. The summed E-state index contributed by atoms with van der Waals surface area (Å²) >= 11 is 0. The van der Waals surface area contributed by atoms with Gasteiger partial charge in [-0.2, -0.15) is 0 Å². The van der Waals surface area contributed by atoms with Crippen molar-refractivity contribution in [3.05, 3.63) is 60.2 Å². The molecule has 0 heterocycles. The fourth-order valence-corrected chi connectivity index (χ4v) is 3.29. The molecule has 2 heteroatoms. The van der Waals surface area contributed by atoms with E-state index < -0.39 is 0 Å². The first kappa shape index (κ1) is 15.9. The zero-order chi connectivity index (χ0) is 15.7. The van der Waals surface area contributed by atoms with Crippen LogP contribution in [0, 0.1) is 5.92 Å². The van der Waals surface area contributed by atoms with Crippen LogP contribution < -0.4 is 10.1 Å². The summed E-state index contributed by atoms with van der Waals surface area (Å²) in [5.74, 6) is 1.86. The maximum Gasteiger partial charge on any atom is 0.119 e. The summed E-state index contributed by atoms with van der Waals surface area (Å²) in [6.45, 7) is 1.70. The minimum atomic E-state index is 0.849. The summed E-state index contributed by atoms with van der Waals surface area (Å²) in [5.41, 5.74) is 2.42. The summed E-state index contributed by atoms with van der Waals surface area (Å²) < 4.78 is 5.90. The quantitative estimate of drug-likeness (QED) is 0.713. The summed E-state index contributed by atoms with van der Waals surface area (Å²) in [7, 11) is 0. The molecular formula is C21H27NO. The monoisotopic (exact) mass is 309 g/mol. The van der Waals surface area contributed by atoms with Crippen molar-refractivity contribution >= 4 is 5.69 Å². The molecule has 1 fully saturated rings. The molecule has 0 amide bonds. The average molecular weight is 309 g/mol. The van der Waals surface area contributed by atoms with Crippen LogP contribution in [0.25, 0.3) is 0 Å². The molecule has 122 valence electrons. The van der Waals surface area contributed by atoms with E-state index in [0.717, 1.165) is 30.5 Å². The van der Waals surface area contributed by atoms with Gasteiger partial charge < -0.3 is 10.1 Å². The predicted octanol–water partition coefficient (Wildman–Crippen LogP) is 5.65. The van der Waals surface area contributed by atoms with E-state index in [-0.39, 0.29) is 0 Å². The Morgan fingerprint density at radius 3 is 2.35 bits per heavy atom. The van der Waals surface area contributed by atoms with Crippen LogP contribution in [0.1, 0.15) is 44.1 Å². The standard InChI is InChI=1S/C21H27NO/c1-3-7-18(8-4-1)15-16-23-21-13-11-20(12-14-21)22-17-19-9-5-2-6-10-19/h2,5-6,9-14,18,22H,1,3-4,7-8,15-17H2. The Balaban J connectivity index is 1.40. The van der Waals surface area contributed by atoms with Crippen LogP contribution >= 0.6 is 0 Å². The van der Waals surface area contributed by atoms with Crippen LogP contribution in [-0.4, -0.2) is 6.61 Å². The molecule has 2 nitrogen and oxygen atoms in total. The van der Waals surface area contributed by atoms with Gasteiger partial charge in [-0.1, -0.05) is 62.4 Å². The van der Waals surface area contributed by atoms with Crippen LogP contribution in [-0.2, 0) is 6.54 Å². The van der Waals surface area contributed by atoms with Gasteiger partial charge >= 0.3 is 0 Å². The molecule has 0 aliphatic heterocycles. The van der Waals surface area contributed by atoms with Crippen molar-refractivity contribution in [2.75, 3.05) is 11.9 Å². The van der Waals surface area contributed by atoms with Gasteiger partial charge in [0.1, 0.15) is 5.75 Å². The SMILES string of the molecule is c1ccc(CNc2ccc(OCCC3CCCCC3)cc2)cc1. The second-order valence-corrected chi connectivity index (χ2v) is 6.50. The van der Waals surface area contributed by atoms with E-state index in [4.69, 9.17) is 4.74 Å². The molecule has 0 aromatic heterocycles. The van der Waals surface area contributed by atoms with Gasteiger partial charge in [0.2, 0.25) is 0 Å². The lowest BCUT2D eigenvalue weighted by Crippen LogP contribution is -2.10. The Bertz CT molecular complexity index is 558. The van der Waals surface area contributed by atoms with E-state index in [2.05, 4.69) is 53.8 Å². The molecule has 0 spiro atoms. The lowest BCUT2D eigenvalue weighted by molar-refractivity contribution is 0.246. The highest BCUT2D eigenvalue weighted by Crippen LogP contribution is 2.26. The zero-order valence-corrected chi connectivity index (χ0v) is 13.8. The molecule has 1 saturated carbocycles. The Kier molecular flexibility index (Phi) is 5.96. The number of nitrogens with one attached hydrogen (secondary N) is 1. The Hall–Kier alpha value is -1.96. The number of rotatable bonds is 7. The molecule has 0 saturated heterocycles. The molecule has 1 N–H and O–H groups in total. The Morgan fingerprint density at radius 1 is 0.870 bits per heavy atom. The van der Waals surface area contributed by atoms with E-state index in [0.29, 0.717) is 0 Å². The van der Waals surface area contributed by atoms with Gasteiger partial charge in [0.25, 0.3) is 0 Å². The maximum absolute atomic E-state index is 5.90. The number of ether oxygens (including phenoxy) is 1. The zero-order valence-electron chi connectivity index (χ0n) is 13.8. The van der Waals surface area contributed by atoms with Crippen LogP contribution in [0.4, 0.5) is 5.69 Å². The van der Waals surface area contributed by atoms with Crippen molar-refractivity contribution in [1.82, 2.24) is 0 Å². The molecule has 23 heavy (non-hydrogen) atoms. The smallest absolute Gasteiger partial charge is 0.119 e. The van der Waals surface area contributed by atoms with Gasteiger partial charge in [0, 0.05) is 12.2 Å². The topological polar surface area (TPSA) is 21.3 Å². The highest BCUT2D eigenvalue weighted by atomic mass is 16.5. The van der Waals surface area contributed by atoms with Crippen LogP contribution in [0.5, 0.6) is 5.75 Å². The molecule has 2 aromatic rings. The molecule has 0 bridgehead atoms. The molecule has 3 rings (SSSR count). The number of benzene rings is 2. The van der Waals surface area contributed by atoms with Crippen molar-refractivity contribution in [2.45, 2.75) is 45.1 Å². The highest BCUT2D eigenvalue weighted by Gasteiger charge is 2.12. The third-order valence-corrected chi connectivity index (χ3v) is 4.71. The second-order valence-electron chi connectivity index (χ2n) is 6.50. The number of hydrogen-bond donors (Lipinski definition) is 1. The fraction of sp³-hybridized carbons (Fsp3) is 0.429. The third-order valence-electron chi connectivity index (χ3n) is 4.71. The first-order chi connectivity index (χ1) is 11.4. The summed E-state index contributed by atoms with van der Waals surface area (Å²) in [5, 5.41) is 3.44. The normalized spacial score (nSPS) is 15.3. The lowest BCUT2D eigenvalue weighted by Gasteiger charge is -2.21. The summed E-state index contributed by atoms with van der Waals surface area (Å²) in [6, 6.07) is 18.8. The van der Waals surface area contributed by atoms with Crippen LogP contribution in [0.15, 0.2) is 54.6 Å². The van der Waals surface area contributed by atoms with Crippen molar-refractivity contribution < 1.29 is 4.74 Å². The van der Waals surface area contributed by atoms with Crippen molar-refractivity contribution in [3.63, 3.8) is 0 Å². The number of hydrogen-bond acceptors (Lipinski definition) is 2. The average Bonchev–Trinajstić information content (AvgIpc) is 2.63. The molecule has 0 atom stereocenters. The molecular weight excluding hydrogens is 282 g/mol. The minimum Gasteiger partial charge on any atom is -0.494 e. The lowest BCUT2D eigenvalue weighted by atomic mass is 9.87. The minimum absolute atomic E-state index is 0.849. The Labute approximate surface area is 139 Å². The van der Waals surface area contributed by atoms with Crippen LogP contribution in [0.2, 0.25) is 0 Å². The fourth-order valence-electron chi connectivity index (χ4n) is 3.29. The maximum atomic E-state index is 5.90. The molecule has 1 aliphatic rings.